The number of urea groups is 1. The monoisotopic (exact) mass is 316 g/mol. The molecule has 1 aromatic rings. The van der Waals surface area contributed by atoms with E-state index in [4.69, 9.17) is 0 Å². The third-order valence-corrected chi connectivity index (χ3v) is 3.50. The van der Waals surface area contributed by atoms with Gasteiger partial charge in [0.1, 0.15) is 5.75 Å². The van der Waals surface area contributed by atoms with Crippen LogP contribution in [0.3, 0.4) is 0 Å². The first-order valence-electron chi connectivity index (χ1n) is 7.14. The molecular formula is C15H19F3N2O2. The second-order valence-corrected chi connectivity index (χ2v) is 5.85. The molecule has 2 rings (SSSR count). The Morgan fingerprint density at radius 2 is 1.73 bits per heavy atom. The highest BCUT2D eigenvalue weighted by molar-refractivity contribution is 5.89. The molecule has 0 saturated carbocycles. The van der Waals surface area contributed by atoms with Crippen molar-refractivity contribution in [1.82, 2.24) is 4.90 Å². The minimum absolute atomic E-state index is 0.233. The molecule has 1 aliphatic heterocycles. The number of hydrogen-bond acceptors (Lipinski definition) is 2. The number of carbonyl (C=O) groups excluding carboxylic acids is 1. The number of ether oxygens (including phenoxy) is 1. The van der Waals surface area contributed by atoms with Crippen molar-refractivity contribution < 1.29 is 22.7 Å². The Bertz CT molecular complexity index is 507. The van der Waals surface area contributed by atoms with E-state index in [2.05, 4.69) is 23.9 Å². The van der Waals surface area contributed by atoms with E-state index in [1.165, 1.54) is 24.3 Å². The third-order valence-electron chi connectivity index (χ3n) is 3.50. The van der Waals surface area contributed by atoms with Crippen molar-refractivity contribution in [2.45, 2.75) is 26.6 Å². The van der Waals surface area contributed by atoms with Crippen molar-refractivity contribution in [3.63, 3.8) is 0 Å². The first-order valence-corrected chi connectivity index (χ1v) is 7.14. The molecule has 2 amide bonds. The molecule has 22 heavy (non-hydrogen) atoms. The van der Waals surface area contributed by atoms with E-state index < -0.39 is 6.36 Å². The van der Waals surface area contributed by atoms with Crippen molar-refractivity contribution in [1.29, 1.82) is 0 Å². The summed E-state index contributed by atoms with van der Waals surface area (Å²) in [6, 6.07) is 4.88. The number of nitrogens with one attached hydrogen (secondary N) is 1. The standard InChI is InChI=1S/C15H19F3N2O2/c1-10-7-11(2)9-20(8-10)14(21)19-12-3-5-13(6-4-12)22-15(16,17)18/h3-6,10-11H,7-9H2,1-2H3,(H,19,21)/t10-,11-/m1/s1. The molecule has 2 atom stereocenters. The van der Waals surface area contributed by atoms with Crippen LogP contribution in [0.15, 0.2) is 24.3 Å². The molecular weight excluding hydrogens is 297 g/mol. The normalized spacial score (nSPS) is 22.3. The molecule has 0 bridgehead atoms. The van der Waals surface area contributed by atoms with Crippen molar-refractivity contribution in [3.05, 3.63) is 24.3 Å². The van der Waals surface area contributed by atoms with Crippen LogP contribution in [-0.4, -0.2) is 30.4 Å². The first-order chi connectivity index (χ1) is 10.2. The molecule has 1 heterocycles. The maximum atomic E-state index is 12.2. The number of rotatable bonds is 2. The van der Waals surface area contributed by atoms with Crippen LogP contribution in [0.25, 0.3) is 0 Å². The van der Waals surface area contributed by atoms with Gasteiger partial charge >= 0.3 is 12.4 Å². The maximum Gasteiger partial charge on any atom is 0.573 e. The fourth-order valence-corrected chi connectivity index (χ4v) is 2.77. The summed E-state index contributed by atoms with van der Waals surface area (Å²) in [4.78, 5) is 13.9. The van der Waals surface area contributed by atoms with Gasteiger partial charge < -0.3 is 15.0 Å². The molecule has 122 valence electrons. The van der Waals surface area contributed by atoms with Gasteiger partial charge in [0.25, 0.3) is 0 Å². The lowest BCUT2D eigenvalue weighted by molar-refractivity contribution is -0.274. The van der Waals surface area contributed by atoms with Gasteiger partial charge in [0.05, 0.1) is 0 Å². The van der Waals surface area contributed by atoms with Gasteiger partial charge in [-0.25, -0.2) is 4.79 Å². The van der Waals surface area contributed by atoms with Crippen LogP contribution in [0.2, 0.25) is 0 Å². The van der Waals surface area contributed by atoms with Crippen LogP contribution in [-0.2, 0) is 0 Å². The van der Waals surface area contributed by atoms with Crippen LogP contribution >= 0.6 is 0 Å². The predicted octanol–water partition coefficient (Wildman–Crippen LogP) is 4.10. The second-order valence-electron chi connectivity index (χ2n) is 5.85. The number of piperidine rings is 1. The molecule has 0 aliphatic carbocycles. The minimum atomic E-state index is -4.72. The van der Waals surface area contributed by atoms with Crippen LogP contribution in [0.1, 0.15) is 20.3 Å². The van der Waals surface area contributed by atoms with Crippen molar-refractivity contribution >= 4 is 11.7 Å². The lowest BCUT2D eigenvalue weighted by atomic mass is 9.92. The van der Waals surface area contributed by atoms with Crippen LogP contribution in [0.4, 0.5) is 23.7 Å². The topological polar surface area (TPSA) is 41.6 Å². The fraction of sp³-hybridized carbons (Fsp3) is 0.533. The number of anilines is 1. The third kappa shape index (κ3) is 4.82. The van der Waals surface area contributed by atoms with Gasteiger partial charge in [-0.2, -0.15) is 0 Å². The van der Waals surface area contributed by atoms with Crippen molar-refractivity contribution in [3.8, 4) is 5.75 Å². The lowest BCUT2D eigenvalue weighted by Gasteiger charge is -2.34. The molecule has 0 aromatic heterocycles. The molecule has 0 unspecified atom stereocenters. The molecule has 1 saturated heterocycles. The summed E-state index contributed by atoms with van der Waals surface area (Å²) in [5, 5.41) is 2.69. The van der Waals surface area contributed by atoms with Gasteiger partial charge in [0.2, 0.25) is 0 Å². The zero-order chi connectivity index (χ0) is 16.3. The van der Waals surface area contributed by atoms with Crippen LogP contribution < -0.4 is 10.1 Å². The number of nitrogens with zero attached hydrogens (tertiary/aromatic N) is 1. The lowest BCUT2D eigenvalue weighted by Crippen LogP contribution is -2.44. The summed E-state index contributed by atoms with van der Waals surface area (Å²) < 4.78 is 40.0. The number of halogens is 3. The predicted molar refractivity (Wildman–Crippen MR) is 76.7 cm³/mol. The molecule has 4 nitrogen and oxygen atoms in total. The molecule has 1 aromatic carbocycles. The molecule has 1 N–H and O–H groups in total. The number of benzene rings is 1. The largest absolute Gasteiger partial charge is 0.573 e. The van der Waals surface area contributed by atoms with E-state index in [1.54, 1.807) is 4.90 Å². The Morgan fingerprint density at radius 1 is 1.18 bits per heavy atom. The van der Waals surface area contributed by atoms with E-state index in [0.29, 0.717) is 30.6 Å². The number of alkyl halides is 3. The number of hydrogen-bond donors (Lipinski definition) is 1. The van der Waals surface area contributed by atoms with Gasteiger partial charge in [-0.05, 0) is 42.5 Å². The van der Waals surface area contributed by atoms with E-state index in [-0.39, 0.29) is 11.8 Å². The van der Waals surface area contributed by atoms with E-state index >= 15 is 0 Å². The summed E-state index contributed by atoms with van der Waals surface area (Å²) in [6.45, 7) is 5.56. The Morgan fingerprint density at radius 3 is 2.23 bits per heavy atom. The highest BCUT2D eigenvalue weighted by Gasteiger charge is 2.31. The van der Waals surface area contributed by atoms with Gasteiger partial charge in [-0.3, -0.25) is 0 Å². The second kappa shape index (κ2) is 6.46. The summed E-state index contributed by atoms with van der Waals surface area (Å²) in [5.41, 5.74) is 0.436. The molecule has 1 fully saturated rings. The minimum Gasteiger partial charge on any atom is -0.406 e. The fourth-order valence-electron chi connectivity index (χ4n) is 2.77. The van der Waals surface area contributed by atoms with E-state index in [0.717, 1.165) is 6.42 Å². The Kier molecular flexibility index (Phi) is 4.83. The molecule has 1 aliphatic rings. The average Bonchev–Trinajstić information content (AvgIpc) is 2.38. The van der Waals surface area contributed by atoms with Crippen molar-refractivity contribution in [2.24, 2.45) is 11.8 Å². The summed E-state index contributed by atoms with van der Waals surface area (Å²) in [5.74, 6) is 0.569. The van der Waals surface area contributed by atoms with Crippen LogP contribution in [0, 0.1) is 11.8 Å². The number of carbonyl (C=O) groups is 1. The zero-order valence-corrected chi connectivity index (χ0v) is 12.5. The summed E-state index contributed by atoms with van der Waals surface area (Å²) >= 11 is 0. The quantitative estimate of drug-likeness (QED) is 0.892. The summed E-state index contributed by atoms with van der Waals surface area (Å²) in [6.07, 6.45) is -3.63. The van der Waals surface area contributed by atoms with E-state index in [1.807, 2.05) is 0 Å². The van der Waals surface area contributed by atoms with Gasteiger partial charge in [-0.15, -0.1) is 13.2 Å². The highest BCUT2D eigenvalue weighted by Crippen LogP contribution is 2.25. The first kappa shape index (κ1) is 16.5. The van der Waals surface area contributed by atoms with Crippen molar-refractivity contribution in [2.75, 3.05) is 18.4 Å². The molecule has 0 spiro atoms. The smallest absolute Gasteiger partial charge is 0.406 e. The van der Waals surface area contributed by atoms with Gasteiger partial charge in [-0.1, -0.05) is 13.8 Å². The SMILES string of the molecule is C[C@@H]1C[C@@H](C)CN(C(=O)Nc2ccc(OC(F)(F)F)cc2)C1. The number of amides is 2. The molecule has 0 radical (unpaired) electrons. The Hall–Kier alpha value is -1.92. The Balaban J connectivity index is 1.94. The van der Waals surface area contributed by atoms with E-state index in [9.17, 15) is 18.0 Å². The van der Waals surface area contributed by atoms with Gasteiger partial charge in [0.15, 0.2) is 0 Å². The highest BCUT2D eigenvalue weighted by atomic mass is 19.4. The number of likely N-dealkylation sites (tertiary alicyclic amines) is 1. The molecule has 7 heteroatoms. The van der Waals surface area contributed by atoms with Gasteiger partial charge in [0, 0.05) is 18.8 Å². The Labute approximate surface area is 127 Å². The maximum absolute atomic E-state index is 12.2. The zero-order valence-electron chi connectivity index (χ0n) is 12.5. The van der Waals surface area contributed by atoms with Crippen LogP contribution in [0.5, 0.6) is 5.75 Å². The average molecular weight is 316 g/mol. The summed E-state index contributed by atoms with van der Waals surface area (Å²) in [7, 11) is 0.